The van der Waals surface area contributed by atoms with E-state index in [9.17, 15) is 8.42 Å². The van der Waals surface area contributed by atoms with E-state index >= 15 is 0 Å². The molecular formula is C25H30N4O3S. The number of nitrogens with zero attached hydrogens (tertiary/aromatic N) is 2. The first-order chi connectivity index (χ1) is 15.6. The third-order valence-electron chi connectivity index (χ3n) is 5.95. The zero-order valence-electron chi connectivity index (χ0n) is 19.4. The summed E-state index contributed by atoms with van der Waals surface area (Å²) in [6.45, 7) is 8.62. The highest BCUT2D eigenvalue weighted by Crippen LogP contribution is 2.32. The minimum Gasteiger partial charge on any atom is -0.477 e. The van der Waals surface area contributed by atoms with Crippen LogP contribution in [-0.2, 0) is 10.0 Å². The zero-order valence-corrected chi connectivity index (χ0v) is 20.2. The van der Waals surface area contributed by atoms with E-state index in [0.29, 0.717) is 24.1 Å². The van der Waals surface area contributed by atoms with Crippen LogP contribution in [0.3, 0.4) is 0 Å². The molecule has 0 amide bonds. The Morgan fingerprint density at radius 3 is 2.48 bits per heavy atom. The fraction of sp³-hybridized carbons (Fsp3) is 0.360. The Balaban J connectivity index is 1.87. The van der Waals surface area contributed by atoms with Gasteiger partial charge in [-0.2, -0.15) is 4.98 Å². The third-order valence-corrected chi connectivity index (χ3v) is 7.27. The number of benzene rings is 2. The first kappa shape index (κ1) is 23.2. The molecule has 2 heterocycles. The van der Waals surface area contributed by atoms with Crippen LogP contribution >= 0.6 is 0 Å². The molecule has 7 nitrogen and oxygen atoms in total. The van der Waals surface area contributed by atoms with Gasteiger partial charge in [-0.3, -0.25) is 0 Å². The molecule has 1 aliphatic rings. The fourth-order valence-electron chi connectivity index (χ4n) is 4.35. The largest absolute Gasteiger partial charge is 0.477 e. The van der Waals surface area contributed by atoms with E-state index in [1.54, 1.807) is 24.3 Å². The van der Waals surface area contributed by atoms with E-state index < -0.39 is 10.0 Å². The summed E-state index contributed by atoms with van der Waals surface area (Å²) < 4.78 is 35.0. The molecule has 33 heavy (non-hydrogen) atoms. The Kier molecular flexibility index (Phi) is 6.41. The van der Waals surface area contributed by atoms with Crippen LogP contribution in [0.1, 0.15) is 43.0 Å². The maximum atomic E-state index is 13.2. The highest BCUT2D eigenvalue weighted by Gasteiger charge is 2.26. The van der Waals surface area contributed by atoms with Gasteiger partial charge in [-0.15, -0.1) is 0 Å². The van der Waals surface area contributed by atoms with Crippen molar-refractivity contribution in [1.29, 1.82) is 0 Å². The lowest BCUT2D eigenvalue weighted by Gasteiger charge is -2.27. The van der Waals surface area contributed by atoms with Crippen molar-refractivity contribution < 1.29 is 13.2 Å². The number of fused-ring (bicyclic) bond motifs is 4. The molecule has 3 aromatic rings. The lowest BCUT2D eigenvalue weighted by molar-refractivity contribution is 0.196. The van der Waals surface area contributed by atoms with E-state index in [1.807, 2.05) is 38.1 Å². The van der Waals surface area contributed by atoms with Crippen molar-refractivity contribution in [2.24, 2.45) is 17.6 Å². The topological polar surface area (TPSA) is 107 Å². The number of aryl methyl sites for hydroxylation is 2. The lowest BCUT2D eigenvalue weighted by atomic mass is 9.87. The second kappa shape index (κ2) is 9.11. The summed E-state index contributed by atoms with van der Waals surface area (Å²) in [5.74, 6) is 0.668. The van der Waals surface area contributed by atoms with Crippen LogP contribution in [0, 0.1) is 25.7 Å². The number of nitrogens with one attached hydrogen (secondary N) is 1. The SMILES string of the molecule is Cc1cccc(C)c1-c1cc2nc(n1)NS(=O)(=O)c1cccc(c1)C(N)C(CC(C)C)CO2. The fourth-order valence-corrected chi connectivity index (χ4v) is 5.35. The number of hydrogen-bond acceptors (Lipinski definition) is 6. The Hall–Kier alpha value is -2.97. The van der Waals surface area contributed by atoms with E-state index in [0.717, 1.165) is 28.7 Å². The minimum atomic E-state index is -3.92. The van der Waals surface area contributed by atoms with Gasteiger partial charge in [0, 0.05) is 23.6 Å². The second-order valence-electron chi connectivity index (χ2n) is 9.09. The van der Waals surface area contributed by atoms with Crippen molar-refractivity contribution in [3.8, 4) is 17.1 Å². The molecule has 174 valence electrons. The lowest BCUT2D eigenvalue weighted by Crippen LogP contribution is -2.29. The quantitative estimate of drug-likeness (QED) is 0.583. The van der Waals surface area contributed by atoms with Crippen molar-refractivity contribution in [3.63, 3.8) is 0 Å². The second-order valence-corrected chi connectivity index (χ2v) is 10.8. The summed E-state index contributed by atoms with van der Waals surface area (Å²) in [5, 5.41) is 0. The molecule has 0 aliphatic carbocycles. The molecule has 2 aromatic carbocycles. The Morgan fingerprint density at radius 1 is 1.09 bits per heavy atom. The number of rotatable bonds is 3. The molecule has 0 saturated carbocycles. The highest BCUT2D eigenvalue weighted by molar-refractivity contribution is 7.92. The molecular weight excluding hydrogens is 436 g/mol. The van der Waals surface area contributed by atoms with Gasteiger partial charge in [0.05, 0.1) is 17.2 Å². The van der Waals surface area contributed by atoms with Crippen LogP contribution in [0.4, 0.5) is 5.95 Å². The maximum absolute atomic E-state index is 13.2. The summed E-state index contributed by atoms with van der Waals surface area (Å²) >= 11 is 0. The number of aromatic nitrogens is 2. The van der Waals surface area contributed by atoms with Crippen molar-refractivity contribution in [2.75, 3.05) is 11.3 Å². The van der Waals surface area contributed by atoms with Crippen molar-refractivity contribution >= 4 is 16.0 Å². The van der Waals surface area contributed by atoms with E-state index in [-0.39, 0.29) is 22.8 Å². The predicted octanol–water partition coefficient (Wildman–Crippen LogP) is 4.62. The molecule has 4 bridgehead atoms. The van der Waals surface area contributed by atoms with E-state index in [1.165, 1.54) is 0 Å². The van der Waals surface area contributed by atoms with Crippen LogP contribution in [0.2, 0.25) is 0 Å². The van der Waals surface area contributed by atoms with Crippen LogP contribution in [0.15, 0.2) is 53.4 Å². The molecule has 8 heteroatoms. The average Bonchev–Trinajstić information content (AvgIpc) is 2.75. The molecule has 2 unspecified atom stereocenters. The van der Waals surface area contributed by atoms with Crippen LogP contribution in [-0.4, -0.2) is 25.0 Å². The monoisotopic (exact) mass is 466 g/mol. The van der Waals surface area contributed by atoms with Gasteiger partial charge < -0.3 is 10.5 Å². The average molecular weight is 467 g/mol. The van der Waals surface area contributed by atoms with Gasteiger partial charge in [-0.25, -0.2) is 18.1 Å². The standard InChI is InChI=1S/C25H30N4O3S/c1-15(2)11-19-14-32-22-13-21(23-16(3)7-5-8-17(23)4)27-25(28-22)29-33(30,31)20-10-6-9-18(12-20)24(19)26/h5-10,12-13,15,19,24H,11,14,26H2,1-4H3,(H,27,28,29). The first-order valence-electron chi connectivity index (χ1n) is 11.1. The normalized spacial score (nSPS) is 19.7. The summed E-state index contributed by atoms with van der Waals surface area (Å²) in [6, 6.07) is 14.1. The van der Waals surface area contributed by atoms with Gasteiger partial charge in [-0.05, 0) is 55.0 Å². The van der Waals surface area contributed by atoms with Crippen LogP contribution in [0.5, 0.6) is 5.88 Å². The summed E-state index contributed by atoms with van der Waals surface area (Å²) in [6.07, 6.45) is 0.831. The molecule has 2 atom stereocenters. The van der Waals surface area contributed by atoms with Gasteiger partial charge in [0.25, 0.3) is 10.0 Å². The number of anilines is 1. The molecule has 3 N–H and O–H groups in total. The van der Waals surface area contributed by atoms with Gasteiger partial charge in [0.1, 0.15) is 0 Å². The summed E-state index contributed by atoms with van der Waals surface area (Å²) in [7, 11) is -3.92. The zero-order chi connectivity index (χ0) is 23.8. The van der Waals surface area contributed by atoms with Crippen molar-refractivity contribution in [3.05, 3.63) is 65.2 Å². The Bertz CT molecular complexity index is 1250. The molecule has 1 aromatic heterocycles. The van der Waals surface area contributed by atoms with Crippen LogP contribution < -0.4 is 15.2 Å². The highest BCUT2D eigenvalue weighted by atomic mass is 32.2. The van der Waals surface area contributed by atoms with Crippen LogP contribution in [0.25, 0.3) is 11.3 Å². The smallest absolute Gasteiger partial charge is 0.264 e. The Labute approximate surface area is 195 Å². The number of nitrogens with two attached hydrogens (primary N) is 1. The molecule has 0 radical (unpaired) electrons. The predicted molar refractivity (Wildman–Crippen MR) is 130 cm³/mol. The summed E-state index contributed by atoms with van der Waals surface area (Å²) in [4.78, 5) is 9.02. The molecule has 0 saturated heterocycles. The molecule has 4 rings (SSSR count). The third kappa shape index (κ3) is 5.02. The van der Waals surface area contributed by atoms with E-state index in [4.69, 9.17) is 10.5 Å². The minimum absolute atomic E-state index is 0.0163. The summed E-state index contributed by atoms with van der Waals surface area (Å²) in [5.41, 5.74) is 11.0. The molecule has 0 spiro atoms. The van der Waals surface area contributed by atoms with Crippen molar-refractivity contribution in [2.45, 2.75) is 45.1 Å². The van der Waals surface area contributed by atoms with Gasteiger partial charge in [-0.1, -0.05) is 44.2 Å². The maximum Gasteiger partial charge on any atom is 0.264 e. The van der Waals surface area contributed by atoms with Gasteiger partial charge in [0.15, 0.2) is 0 Å². The van der Waals surface area contributed by atoms with Crippen molar-refractivity contribution in [1.82, 2.24) is 9.97 Å². The van der Waals surface area contributed by atoms with E-state index in [2.05, 4.69) is 28.5 Å². The van der Waals surface area contributed by atoms with Gasteiger partial charge >= 0.3 is 0 Å². The Morgan fingerprint density at radius 2 is 1.79 bits per heavy atom. The molecule has 0 fully saturated rings. The van der Waals surface area contributed by atoms with Gasteiger partial charge in [0.2, 0.25) is 11.8 Å². The number of ether oxygens (including phenoxy) is 1. The number of sulfonamides is 1. The molecule has 1 aliphatic heterocycles. The number of hydrogen-bond donors (Lipinski definition) is 2. The first-order valence-corrected chi connectivity index (χ1v) is 12.6.